The third-order valence-electron chi connectivity index (χ3n) is 3.00. The predicted octanol–water partition coefficient (Wildman–Crippen LogP) is 6.29. The standard InChI is InChI=1S/2C6H15P.Cu.2HI/c2*1-4-7(5-2)6-3;;;/h2*4-6H2,1-3H3;;2*1H/q;;+2;;. The Kier molecular flexibility index (Phi) is 34.9. The molecule has 0 saturated carbocycles. The van der Waals surface area contributed by atoms with Gasteiger partial charge in [0, 0.05) is 0 Å². The van der Waals surface area contributed by atoms with Crippen LogP contribution in [-0.4, -0.2) is 37.0 Å². The maximum atomic E-state index is 2.31. The molecule has 0 bridgehead atoms. The third-order valence-corrected chi connectivity index (χ3v) is 9.00. The molecule has 0 atom stereocenters. The average Bonchev–Trinajstić information content (AvgIpc) is 2.35. The number of hydrogen-bond acceptors (Lipinski definition) is 0. The van der Waals surface area contributed by atoms with Gasteiger partial charge in [-0.1, -0.05) is 0 Å². The summed E-state index contributed by atoms with van der Waals surface area (Å²) in [5, 5.41) is 0. The van der Waals surface area contributed by atoms with Gasteiger partial charge in [0.05, 0.1) is 37.0 Å². The molecule has 0 fully saturated rings. The minimum atomic E-state index is 0.137. The molecule has 5 heteroatoms. The zero-order valence-electron chi connectivity index (χ0n) is 12.3. The van der Waals surface area contributed by atoms with Gasteiger partial charge in [-0.25, -0.2) is 0 Å². The van der Waals surface area contributed by atoms with E-state index in [0.717, 1.165) is 0 Å². The van der Waals surface area contributed by atoms with Gasteiger partial charge in [-0.05, 0) is 57.4 Å². The van der Waals surface area contributed by atoms with Crippen LogP contribution in [-0.2, 0) is 8.46 Å². The Hall–Kier alpha value is 2.84. The van der Waals surface area contributed by atoms with Crippen molar-refractivity contribution in [3.8, 4) is 0 Å². The van der Waals surface area contributed by atoms with Gasteiger partial charge in [-0.15, -0.1) is 0 Å². The Morgan fingerprint density at radius 2 is 0.706 bits per heavy atom. The van der Waals surface area contributed by atoms with Crippen LogP contribution in [0.2, 0.25) is 0 Å². The molecule has 0 unspecified atom stereocenters. The molecule has 0 radical (unpaired) electrons. The summed E-state index contributed by atoms with van der Waals surface area (Å²) >= 11 is 4.36. The van der Waals surface area contributed by atoms with Crippen molar-refractivity contribution in [1.29, 1.82) is 0 Å². The van der Waals surface area contributed by atoms with E-state index in [2.05, 4.69) is 82.2 Å². The molecule has 0 saturated heterocycles. The van der Waals surface area contributed by atoms with Crippen molar-refractivity contribution in [3.05, 3.63) is 0 Å². The fourth-order valence-electron chi connectivity index (χ4n) is 1.50. The fourth-order valence-corrected chi connectivity index (χ4v) is 4.50. The maximum absolute atomic E-state index is 2.31. The number of rotatable bonds is 6. The van der Waals surface area contributed by atoms with Crippen LogP contribution in [0.4, 0.5) is 0 Å². The molecular formula is C12H32CuI2P2+2. The first kappa shape index (κ1) is 24.8. The van der Waals surface area contributed by atoms with Crippen LogP contribution >= 0.6 is 56.5 Å². The number of hydrogen-bond donors (Lipinski definition) is 0. The van der Waals surface area contributed by atoms with Gasteiger partial charge < -0.3 is 0 Å². The first-order valence-electron chi connectivity index (χ1n) is 6.59. The first-order chi connectivity index (χ1) is 8.11. The SMILES string of the molecule is CC[PH+](CC)CC.CC[PH+](CC)CC.[I][Cu][I]. The van der Waals surface area contributed by atoms with Crippen molar-refractivity contribution >= 4 is 56.5 Å². The molecule has 0 aliphatic rings. The fraction of sp³-hybridized carbons (Fsp3) is 1.00. The van der Waals surface area contributed by atoms with Crippen molar-refractivity contribution in [1.82, 2.24) is 0 Å². The van der Waals surface area contributed by atoms with Crippen molar-refractivity contribution < 1.29 is 8.46 Å². The summed E-state index contributed by atoms with van der Waals surface area (Å²) in [6, 6.07) is 0. The second-order valence-corrected chi connectivity index (χ2v) is 18.9. The van der Waals surface area contributed by atoms with Crippen molar-refractivity contribution in [2.75, 3.05) is 37.0 Å². The third kappa shape index (κ3) is 24.3. The van der Waals surface area contributed by atoms with Crippen LogP contribution in [0.5, 0.6) is 0 Å². The van der Waals surface area contributed by atoms with Crippen LogP contribution < -0.4 is 0 Å². The Morgan fingerprint density at radius 3 is 0.706 bits per heavy atom. The molecule has 0 heterocycles. The zero-order chi connectivity index (χ0) is 14.1. The second-order valence-electron chi connectivity index (χ2n) is 3.66. The summed E-state index contributed by atoms with van der Waals surface area (Å²) in [6.07, 6.45) is 8.74. The van der Waals surface area contributed by atoms with Crippen LogP contribution in [0.3, 0.4) is 0 Å². The molecule has 0 N–H and O–H groups in total. The Balaban J connectivity index is -0.000000188. The summed E-state index contributed by atoms with van der Waals surface area (Å²) < 4.78 is 0. The Bertz CT molecular complexity index is 87.7. The van der Waals surface area contributed by atoms with Crippen molar-refractivity contribution in [2.24, 2.45) is 0 Å². The van der Waals surface area contributed by atoms with E-state index in [4.69, 9.17) is 0 Å². The molecule has 0 spiro atoms. The quantitative estimate of drug-likeness (QED) is 0.205. The molecule has 113 valence electrons. The number of halogens is 2. The summed E-state index contributed by atoms with van der Waals surface area (Å²) in [6.45, 7) is 13.8. The van der Waals surface area contributed by atoms with E-state index in [1.165, 1.54) is 37.0 Å². The van der Waals surface area contributed by atoms with Gasteiger partial charge in [0.15, 0.2) is 0 Å². The molecule has 17 heavy (non-hydrogen) atoms. The first-order valence-corrected chi connectivity index (χ1v) is 16.9. The topological polar surface area (TPSA) is 0 Å². The molecule has 0 amide bonds. The Morgan fingerprint density at radius 1 is 0.588 bits per heavy atom. The monoisotopic (exact) mass is 555 g/mol. The van der Waals surface area contributed by atoms with Crippen LogP contribution in [0.25, 0.3) is 0 Å². The van der Waals surface area contributed by atoms with E-state index >= 15 is 0 Å². The van der Waals surface area contributed by atoms with Crippen LogP contribution in [0, 0.1) is 0 Å². The molecule has 0 aromatic heterocycles. The average molecular weight is 556 g/mol. The van der Waals surface area contributed by atoms with Gasteiger partial charge in [0.1, 0.15) is 0 Å². The van der Waals surface area contributed by atoms with Gasteiger partial charge in [0.2, 0.25) is 0 Å². The van der Waals surface area contributed by atoms with E-state index in [-0.39, 0.29) is 15.8 Å². The molecule has 0 rings (SSSR count). The second kappa shape index (κ2) is 23.9. The zero-order valence-corrected chi connectivity index (χ0v) is 19.6. The van der Waals surface area contributed by atoms with Gasteiger partial charge in [0.25, 0.3) is 0 Å². The summed E-state index contributed by atoms with van der Waals surface area (Å²) in [5.74, 6) is 0. The van der Waals surface area contributed by atoms with E-state index in [1.54, 1.807) is 8.46 Å². The van der Waals surface area contributed by atoms with E-state index < -0.39 is 0 Å². The van der Waals surface area contributed by atoms with Gasteiger partial charge in [-0.2, -0.15) is 0 Å². The summed E-state index contributed by atoms with van der Waals surface area (Å²) in [5.41, 5.74) is 0. The molecular weight excluding hydrogens is 523 g/mol. The van der Waals surface area contributed by atoms with Crippen LogP contribution in [0.1, 0.15) is 41.5 Å². The molecule has 0 aromatic rings. The molecule has 0 aliphatic carbocycles. The van der Waals surface area contributed by atoms with E-state index in [0.29, 0.717) is 0 Å². The Labute approximate surface area is 142 Å². The summed E-state index contributed by atoms with van der Waals surface area (Å²) in [4.78, 5) is 0. The predicted molar refractivity (Wildman–Crippen MR) is 108 cm³/mol. The van der Waals surface area contributed by atoms with E-state index in [9.17, 15) is 0 Å². The van der Waals surface area contributed by atoms with Crippen LogP contribution in [0.15, 0.2) is 0 Å². The molecule has 0 aromatic carbocycles. The van der Waals surface area contributed by atoms with Gasteiger partial charge in [-0.3, -0.25) is 0 Å². The van der Waals surface area contributed by atoms with Crippen molar-refractivity contribution in [3.63, 3.8) is 0 Å². The minimum absolute atomic E-state index is 0.137. The molecule has 0 nitrogen and oxygen atoms in total. The van der Waals surface area contributed by atoms with Crippen molar-refractivity contribution in [2.45, 2.75) is 41.5 Å². The van der Waals surface area contributed by atoms with E-state index in [1.807, 2.05) is 0 Å². The normalized spacial score (nSPS) is 9.76. The van der Waals surface area contributed by atoms with Gasteiger partial charge >= 0.3 is 49.1 Å². The summed E-state index contributed by atoms with van der Waals surface area (Å²) in [7, 11) is 2.03. The molecule has 0 aliphatic heterocycles.